The highest BCUT2D eigenvalue weighted by Crippen LogP contribution is 2.24. The van der Waals surface area contributed by atoms with Gasteiger partial charge < -0.3 is 10.4 Å². The molecule has 1 aromatic heterocycles. The molecule has 7 heteroatoms. The highest BCUT2D eigenvalue weighted by Gasteiger charge is 2.31. The number of carboxylic acids is 1. The van der Waals surface area contributed by atoms with Gasteiger partial charge in [-0.1, -0.05) is 0 Å². The van der Waals surface area contributed by atoms with Crippen LogP contribution in [0.3, 0.4) is 0 Å². The number of thiophene rings is 1. The molecule has 1 saturated heterocycles. The Kier molecular flexibility index (Phi) is 3.80. The number of halogens is 1. The number of nitrogens with zero attached hydrogens (tertiary/aromatic N) is 1. The second kappa shape index (κ2) is 5.16. The van der Waals surface area contributed by atoms with E-state index in [2.05, 4.69) is 21.2 Å². The van der Waals surface area contributed by atoms with E-state index in [1.807, 2.05) is 12.1 Å². The lowest BCUT2D eigenvalue weighted by molar-refractivity contribution is -0.146. The molecule has 0 spiro atoms. The van der Waals surface area contributed by atoms with Gasteiger partial charge in [0, 0.05) is 18.0 Å². The van der Waals surface area contributed by atoms with E-state index in [0.717, 1.165) is 8.66 Å². The van der Waals surface area contributed by atoms with Crippen molar-refractivity contribution in [3.8, 4) is 0 Å². The first-order valence-electron chi connectivity index (χ1n) is 5.04. The Bertz CT molecular complexity index is 449. The van der Waals surface area contributed by atoms with Crippen molar-refractivity contribution in [3.63, 3.8) is 0 Å². The Hall–Kier alpha value is -0.920. The zero-order valence-corrected chi connectivity index (χ0v) is 11.3. The van der Waals surface area contributed by atoms with Gasteiger partial charge in [0.2, 0.25) is 5.91 Å². The second-order valence-corrected chi connectivity index (χ2v) is 6.32. The van der Waals surface area contributed by atoms with Crippen LogP contribution in [-0.4, -0.2) is 41.0 Å². The Labute approximate surface area is 111 Å². The average Bonchev–Trinajstić information content (AvgIpc) is 2.63. The molecule has 5 nitrogen and oxygen atoms in total. The van der Waals surface area contributed by atoms with Gasteiger partial charge in [-0.05, 0) is 28.1 Å². The molecule has 2 N–H and O–H groups in total. The summed E-state index contributed by atoms with van der Waals surface area (Å²) in [5, 5.41) is 11.6. The lowest BCUT2D eigenvalue weighted by atomic mass is 10.2. The van der Waals surface area contributed by atoms with Gasteiger partial charge in [-0.2, -0.15) is 0 Å². The van der Waals surface area contributed by atoms with Crippen LogP contribution in [-0.2, 0) is 16.1 Å². The number of carboxylic acid groups (broad SMARTS) is 1. The van der Waals surface area contributed by atoms with Crippen molar-refractivity contribution in [2.45, 2.75) is 12.6 Å². The lowest BCUT2D eigenvalue weighted by Crippen LogP contribution is -2.56. The van der Waals surface area contributed by atoms with Crippen LogP contribution in [0.1, 0.15) is 4.88 Å². The molecule has 0 radical (unpaired) electrons. The molecule has 0 bridgehead atoms. The third-order valence-corrected chi connectivity index (χ3v) is 4.16. The van der Waals surface area contributed by atoms with Crippen molar-refractivity contribution in [3.05, 3.63) is 20.8 Å². The molecular weight excluding hydrogens is 308 g/mol. The number of amides is 1. The smallest absolute Gasteiger partial charge is 0.322 e. The number of rotatable bonds is 3. The predicted molar refractivity (Wildman–Crippen MR) is 66.9 cm³/mol. The second-order valence-electron chi connectivity index (χ2n) is 3.77. The summed E-state index contributed by atoms with van der Waals surface area (Å²) in [4.78, 5) is 25.1. The van der Waals surface area contributed by atoms with Gasteiger partial charge in [0.05, 0.1) is 10.3 Å². The summed E-state index contributed by atoms with van der Waals surface area (Å²) in [5.41, 5.74) is 0. The molecule has 1 atom stereocenters. The molecule has 0 aromatic carbocycles. The summed E-state index contributed by atoms with van der Waals surface area (Å²) >= 11 is 4.90. The monoisotopic (exact) mass is 318 g/mol. The number of nitrogens with one attached hydrogen (secondary N) is 1. The maximum Gasteiger partial charge on any atom is 0.322 e. The first kappa shape index (κ1) is 12.5. The molecule has 1 unspecified atom stereocenters. The standard InChI is InChI=1S/C10H11BrN2O3S/c11-8-2-1-6(17-8)4-13-5-9(14)12-3-7(13)10(15)16/h1-2,7H,3-5H2,(H,12,14)(H,15,16). The van der Waals surface area contributed by atoms with Crippen molar-refractivity contribution >= 4 is 39.1 Å². The van der Waals surface area contributed by atoms with E-state index in [1.54, 1.807) is 16.2 Å². The summed E-state index contributed by atoms with van der Waals surface area (Å²) in [6.45, 7) is 0.786. The van der Waals surface area contributed by atoms with Crippen molar-refractivity contribution < 1.29 is 14.7 Å². The molecule has 1 fully saturated rings. The maximum atomic E-state index is 11.3. The minimum Gasteiger partial charge on any atom is -0.480 e. The molecule has 1 aromatic rings. The van der Waals surface area contributed by atoms with E-state index in [-0.39, 0.29) is 19.0 Å². The molecule has 2 rings (SSSR count). The van der Waals surface area contributed by atoms with Crippen LogP contribution in [0.2, 0.25) is 0 Å². The van der Waals surface area contributed by atoms with E-state index in [0.29, 0.717) is 6.54 Å². The Morgan fingerprint density at radius 2 is 2.41 bits per heavy atom. The number of piperazine rings is 1. The van der Waals surface area contributed by atoms with Crippen LogP contribution in [0, 0.1) is 0 Å². The quantitative estimate of drug-likeness (QED) is 0.868. The molecule has 1 aliphatic heterocycles. The van der Waals surface area contributed by atoms with Gasteiger partial charge in [0.1, 0.15) is 6.04 Å². The molecule has 0 saturated carbocycles. The van der Waals surface area contributed by atoms with Gasteiger partial charge >= 0.3 is 5.97 Å². The fourth-order valence-corrected chi connectivity index (χ4v) is 3.25. The first-order chi connectivity index (χ1) is 8.06. The fraction of sp³-hybridized carbons (Fsp3) is 0.400. The van der Waals surface area contributed by atoms with Gasteiger partial charge in [-0.25, -0.2) is 0 Å². The SMILES string of the molecule is O=C1CN(Cc2ccc(Br)s2)C(C(=O)O)CN1. The van der Waals surface area contributed by atoms with Crippen molar-refractivity contribution in [2.75, 3.05) is 13.1 Å². The van der Waals surface area contributed by atoms with Crippen LogP contribution in [0.5, 0.6) is 0 Å². The highest BCUT2D eigenvalue weighted by atomic mass is 79.9. The van der Waals surface area contributed by atoms with E-state index < -0.39 is 12.0 Å². The van der Waals surface area contributed by atoms with Crippen LogP contribution in [0.4, 0.5) is 0 Å². The van der Waals surface area contributed by atoms with Gasteiger partial charge in [-0.3, -0.25) is 14.5 Å². The third kappa shape index (κ3) is 3.05. The van der Waals surface area contributed by atoms with Crippen LogP contribution in [0.15, 0.2) is 15.9 Å². The molecule has 1 aliphatic rings. The Balaban J connectivity index is 2.09. The van der Waals surface area contributed by atoms with Crippen molar-refractivity contribution in [2.24, 2.45) is 0 Å². The maximum absolute atomic E-state index is 11.3. The Morgan fingerprint density at radius 3 is 3.00 bits per heavy atom. The first-order valence-corrected chi connectivity index (χ1v) is 6.65. The fourth-order valence-electron chi connectivity index (χ4n) is 1.74. The van der Waals surface area contributed by atoms with E-state index in [9.17, 15) is 9.59 Å². The van der Waals surface area contributed by atoms with Gasteiger partial charge in [-0.15, -0.1) is 11.3 Å². The highest BCUT2D eigenvalue weighted by molar-refractivity contribution is 9.11. The normalized spacial score (nSPS) is 21.2. The third-order valence-electron chi connectivity index (χ3n) is 2.55. The van der Waals surface area contributed by atoms with Crippen LogP contribution < -0.4 is 5.32 Å². The summed E-state index contributed by atoms with van der Waals surface area (Å²) in [5.74, 6) is -1.03. The minimum atomic E-state index is -0.902. The number of carbonyl (C=O) groups is 2. The lowest BCUT2D eigenvalue weighted by Gasteiger charge is -2.32. The average molecular weight is 319 g/mol. The Morgan fingerprint density at radius 1 is 1.65 bits per heavy atom. The van der Waals surface area contributed by atoms with Crippen LogP contribution >= 0.6 is 27.3 Å². The number of hydrogen-bond donors (Lipinski definition) is 2. The van der Waals surface area contributed by atoms with Gasteiger partial charge in [0.25, 0.3) is 0 Å². The van der Waals surface area contributed by atoms with E-state index >= 15 is 0 Å². The molecular formula is C10H11BrN2O3S. The van der Waals surface area contributed by atoms with Gasteiger partial charge in [0.15, 0.2) is 0 Å². The zero-order valence-electron chi connectivity index (χ0n) is 8.85. The summed E-state index contributed by atoms with van der Waals surface area (Å²) in [6.07, 6.45) is 0. The molecule has 0 aliphatic carbocycles. The molecule has 1 amide bonds. The van der Waals surface area contributed by atoms with E-state index in [4.69, 9.17) is 5.11 Å². The molecule has 2 heterocycles. The van der Waals surface area contributed by atoms with Crippen molar-refractivity contribution in [1.29, 1.82) is 0 Å². The molecule has 17 heavy (non-hydrogen) atoms. The summed E-state index contributed by atoms with van der Waals surface area (Å²) < 4.78 is 1.00. The largest absolute Gasteiger partial charge is 0.480 e. The predicted octanol–water partition coefficient (Wildman–Crippen LogP) is 0.896. The van der Waals surface area contributed by atoms with E-state index in [1.165, 1.54) is 0 Å². The topological polar surface area (TPSA) is 69.6 Å². The van der Waals surface area contributed by atoms with Crippen molar-refractivity contribution in [1.82, 2.24) is 10.2 Å². The minimum absolute atomic E-state index is 0.127. The molecule has 92 valence electrons. The number of carbonyl (C=O) groups excluding carboxylic acids is 1. The zero-order chi connectivity index (χ0) is 12.4. The number of hydrogen-bond acceptors (Lipinski definition) is 4. The number of aliphatic carboxylic acids is 1. The van der Waals surface area contributed by atoms with Crippen LogP contribution in [0.25, 0.3) is 0 Å². The summed E-state index contributed by atoms with van der Waals surface area (Å²) in [7, 11) is 0. The summed E-state index contributed by atoms with van der Waals surface area (Å²) in [6, 6.07) is 3.20.